The summed E-state index contributed by atoms with van der Waals surface area (Å²) in [7, 11) is 0. The molecule has 1 aromatic heterocycles. The second-order valence-corrected chi connectivity index (χ2v) is 4.85. The summed E-state index contributed by atoms with van der Waals surface area (Å²) in [5.41, 5.74) is 8.06. The first kappa shape index (κ1) is 11.6. The quantitative estimate of drug-likeness (QED) is 0.812. The van der Waals surface area contributed by atoms with Crippen LogP contribution in [-0.2, 0) is 13.0 Å². The second kappa shape index (κ2) is 4.55. The molecule has 0 fully saturated rings. The van der Waals surface area contributed by atoms with Crippen LogP contribution < -0.4 is 5.73 Å². The number of aromatic nitrogens is 2. The van der Waals surface area contributed by atoms with Crippen molar-refractivity contribution in [3.63, 3.8) is 0 Å². The van der Waals surface area contributed by atoms with Gasteiger partial charge in [0.15, 0.2) is 0 Å². The lowest BCUT2D eigenvalue weighted by molar-refractivity contribution is 0.265. The number of nitrogens with two attached hydrogens (primary N) is 1. The number of imidazole rings is 1. The van der Waals surface area contributed by atoms with Crippen molar-refractivity contribution >= 4 is 0 Å². The Kier molecular flexibility index (Phi) is 3.30. The maximum absolute atomic E-state index is 9.16. The zero-order valence-corrected chi connectivity index (χ0v) is 10.1. The lowest BCUT2D eigenvalue weighted by Gasteiger charge is -2.19. The van der Waals surface area contributed by atoms with Crippen LogP contribution in [0.2, 0.25) is 0 Å². The third-order valence-corrected chi connectivity index (χ3v) is 3.24. The van der Waals surface area contributed by atoms with Crippen molar-refractivity contribution in [2.24, 2.45) is 5.73 Å². The van der Waals surface area contributed by atoms with Gasteiger partial charge in [-0.15, -0.1) is 0 Å². The summed E-state index contributed by atoms with van der Waals surface area (Å²) in [6.07, 6.45) is 3.47. The van der Waals surface area contributed by atoms with E-state index in [1.54, 1.807) is 0 Å². The van der Waals surface area contributed by atoms with Crippen molar-refractivity contribution in [1.82, 2.24) is 9.55 Å². The van der Waals surface area contributed by atoms with Gasteiger partial charge >= 0.3 is 0 Å². The highest BCUT2D eigenvalue weighted by Crippen LogP contribution is 2.27. The van der Waals surface area contributed by atoms with Gasteiger partial charge in [-0.3, -0.25) is 0 Å². The zero-order chi connectivity index (χ0) is 11.7. The monoisotopic (exact) mass is 223 g/mol. The molecule has 90 valence electrons. The SMILES string of the molecule is CC(C)c1nc(C(N)CO)c2n1CCCC2. The Morgan fingerprint density at radius 3 is 2.81 bits per heavy atom. The van der Waals surface area contributed by atoms with Gasteiger partial charge in [0.1, 0.15) is 5.82 Å². The van der Waals surface area contributed by atoms with Crippen LogP contribution in [0.25, 0.3) is 0 Å². The Morgan fingerprint density at radius 1 is 1.44 bits per heavy atom. The van der Waals surface area contributed by atoms with Crippen LogP contribution in [-0.4, -0.2) is 21.3 Å². The topological polar surface area (TPSA) is 64.1 Å². The van der Waals surface area contributed by atoms with Crippen molar-refractivity contribution in [2.45, 2.75) is 51.6 Å². The maximum Gasteiger partial charge on any atom is 0.111 e. The van der Waals surface area contributed by atoms with Crippen LogP contribution in [0, 0.1) is 0 Å². The van der Waals surface area contributed by atoms with E-state index in [2.05, 4.69) is 23.4 Å². The molecular formula is C12H21N3O. The van der Waals surface area contributed by atoms with Crippen molar-refractivity contribution < 1.29 is 5.11 Å². The standard InChI is InChI=1S/C12H21N3O/c1-8(2)12-14-11(9(13)7-16)10-5-3-4-6-15(10)12/h8-9,16H,3-7,13H2,1-2H3. The average Bonchev–Trinajstić information content (AvgIpc) is 2.67. The Bertz CT molecular complexity index is 371. The van der Waals surface area contributed by atoms with Crippen LogP contribution >= 0.6 is 0 Å². The van der Waals surface area contributed by atoms with Gasteiger partial charge in [0, 0.05) is 18.2 Å². The molecule has 16 heavy (non-hydrogen) atoms. The summed E-state index contributed by atoms with van der Waals surface area (Å²) in [5, 5.41) is 9.16. The van der Waals surface area contributed by atoms with Crippen LogP contribution in [0.3, 0.4) is 0 Å². The molecule has 4 heteroatoms. The first-order valence-electron chi connectivity index (χ1n) is 6.10. The Morgan fingerprint density at radius 2 is 2.19 bits per heavy atom. The molecule has 0 aromatic carbocycles. The molecule has 0 aliphatic carbocycles. The van der Waals surface area contributed by atoms with Gasteiger partial charge in [0.05, 0.1) is 18.3 Å². The number of nitrogens with zero attached hydrogens (tertiary/aromatic N) is 2. The number of rotatable bonds is 3. The number of fused-ring (bicyclic) bond motifs is 1. The van der Waals surface area contributed by atoms with E-state index < -0.39 is 0 Å². The predicted molar refractivity (Wildman–Crippen MR) is 63.3 cm³/mol. The molecule has 0 spiro atoms. The van der Waals surface area contributed by atoms with E-state index in [1.807, 2.05) is 0 Å². The summed E-state index contributed by atoms with van der Waals surface area (Å²) >= 11 is 0. The van der Waals surface area contributed by atoms with Gasteiger partial charge in [0.25, 0.3) is 0 Å². The Hall–Kier alpha value is -0.870. The van der Waals surface area contributed by atoms with Crippen molar-refractivity contribution in [3.05, 3.63) is 17.2 Å². The van der Waals surface area contributed by atoms with Crippen molar-refractivity contribution in [3.8, 4) is 0 Å². The fraction of sp³-hybridized carbons (Fsp3) is 0.750. The summed E-state index contributed by atoms with van der Waals surface area (Å²) in [6.45, 7) is 5.33. The minimum atomic E-state index is -0.327. The molecule has 2 heterocycles. The zero-order valence-electron chi connectivity index (χ0n) is 10.1. The first-order valence-corrected chi connectivity index (χ1v) is 6.10. The minimum Gasteiger partial charge on any atom is -0.394 e. The van der Waals surface area contributed by atoms with Crippen LogP contribution in [0.15, 0.2) is 0 Å². The third-order valence-electron chi connectivity index (χ3n) is 3.24. The highest BCUT2D eigenvalue weighted by atomic mass is 16.3. The average molecular weight is 223 g/mol. The van der Waals surface area contributed by atoms with E-state index in [0.29, 0.717) is 5.92 Å². The van der Waals surface area contributed by atoms with E-state index in [0.717, 1.165) is 24.5 Å². The smallest absolute Gasteiger partial charge is 0.111 e. The summed E-state index contributed by atoms with van der Waals surface area (Å²) in [6, 6.07) is -0.327. The fourth-order valence-electron chi connectivity index (χ4n) is 2.42. The van der Waals surface area contributed by atoms with Crippen LogP contribution in [0.5, 0.6) is 0 Å². The highest BCUT2D eigenvalue weighted by molar-refractivity contribution is 5.23. The van der Waals surface area contributed by atoms with Crippen LogP contribution in [0.1, 0.15) is 55.9 Å². The van der Waals surface area contributed by atoms with E-state index in [4.69, 9.17) is 10.8 Å². The van der Waals surface area contributed by atoms with Gasteiger partial charge in [-0.25, -0.2) is 4.98 Å². The highest BCUT2D eigenvalue weighted by Gasteiger charge is 2.24. The lowest BCUT2D eigenvalue weighted by atomic mass is 10.1. The molecule has 0 bridgehead atoms. The molecule has 1 aliphatic heterocycles. The number of hydrogen-bond donors (Lipinski definition) is 2. The Balaban J connectivity index is 2.46. The first-order chi connectivity index (χ1) is 7.65. The van der Waals surface area contributed by atoms with Crippen molar-refractivity contribution in [2.75, 3.05) is 6.61 Å². The second-order valence-electron chi connectivity index (χ2n) is 4.85. The van der Waals surface area contributed by atoms with Gasteiger partial charge in [-0.1, -0.05) is 13.8 Å². The third kappa shape index (κ3) is 1.87. The minimum absolute atomic E-state index is 0.0262. The summed E-state index contributed by atoms with van der Waals surface area (Å²) in [4.78, 5) is 4.64. The predicted octanol–water partition coefficient (Wildman–Crippen LogP) is 1.33. The molecule has 1 aromatic rings. The van der Waals surface area contributed by atoms with E-state index in [9.17, 15) is 0 Å². The van der Waals surface area contributed by atoms with E-state index in [-0.39, 0.29) is 12.6 Å². The van der Waals surface area contributed by atoms with Gasteiger partial charge in [0.2, 0.25) is 0 Å². The molecule has 2 rings (SSSR count). The molecule has 0 radical (unpaired) electrons. The molecule has 1 aliphatic rings. The molecular weight excluding hydrogens is 202 g/mol. The van der Waals surface area contributed by atoms with E-state index >= 15 is 0 Å². The number of aliphatic hydroxyl groups excluding tert-OH is 1. The van der Waals surface area contributed by atoms with E-state index in [1.165, 1.54) is 18.5 Å². The normalized spacial score (nSPS) is 17.6. The molecule has 0 amide bonds. The molecule has 0 saturated heterocycles. The maximum atomic E-state index is 9.16. The summed E-state index contributed by atoms with van der Waals surface area (Å²) in [5.74, 6) is 1.53. The molecule has 3 N–H and O–H groups in total. The summed E-state index contributed by atoms with van der Waals surface area (Å²) < 4.78 is 2.30. The van der Waals surface area contributed by atoms with Crippen LogP contribution in [0.4, 0.5) is 0 Å². The molecule has 1 unspecified atom stereocenters. The number of aliphatic hydroxyl groups is 1. The lowest BCUT2D eigenvalue weighted by Crippen LogP contribution is -2.19. The number of hydrogen-bond acceptors (Lipinski definition) is 3. The van der Waals surface area contributed by atoms with Gasteiger partial charge in [-0.2, -0.15) is 0 Å². The molecule has 1 atom stereocenters. The molecule has 0 saturated carbocycles. The van der Waals surface area contributed by atoms with Crippen molar-refractivity contribution in [1.29, 1.82) is 0 Å². The van der Waals surface area contributed by atoms with Gasteiger partial charge < -0.3 is 15.4 Å². The Labute approximate surface area is 96.5 Å². The largest absolute Gasteiger partial charge is 0.394 e. The molecule has 4 nitrogen and oxygen atoms in total. The fourth-order valence-corrected chi connectivity index (χ4v) is 2.42. The van der Waals surface area contributed by atoms with Gasteiger partial charge in [-0.05, 0) is 19.3 Å².